The Bertz CT molecular complexity index is 770. The van der Waals surface area contributed by atoms with Crippen LogP contribution in [0.3, 0.4) is 0 Å². The van der Waals surface area contributed by atoms with Gasteiger partial charge in [-0.3, -0.25) is 4.99 Å². The SMILES string of the molecule is FC(F)(F)C1N=C2CCCC2c2c1nc(C1CCCC1)n2CCC1CCNCC1. The lowest BCUT2D eigenvalue weighted by Crippen LogP contribution is -2.30. The van der Waals surface area contributed by atoms with Crippen LogP contribution in [0.4, 0.5) is 13.2 Å². The molecule has 0 aromatic carbocycles. The Hall–Kier alpha value is -1.37. The zero-order chi connectivity index (χ0) is 20.0. The summed E-state index contributed by atoms with van der Waals surface area (Å²) < 4.78 is 44.0. The number of imidazole rings is 1. The molecule has 4 nitrogen and oxygen atoms in total. The topological polar surface area (TPSA) is 42.2 Å². The Balaban J connectivity index is 1.54. The van der Waals surface area contributed by atoms with E-state index in [1.165, 1.54) is 0 Å². The normalized spacial score (nSPS) is 28.4. The molecule has 0 bridgehead atoms. The molecule has 2 aliphatic carbocycles. The predicted molar refractivity (Wildman–Crippen MR) is 106 cm³/mol. The third kappa shape index (κ3) is 3.64. The zero-order valence-electron chi connectivity index (χ0n) is 17.0. The first kappa shape index (κ1) is 19.6. The highest BCUT2D eigenvalue weighted by atomic mass is 19.4. The molecule has 1 N–H and O–H groups in total. The molecule has 5 rings (SSSR count). The number of aromatic nitrogens is 2. The number of nitrogens with zero attached hydrogens (tertiary/aromatic N) is 3. The van der Waals surface area contributed by atoms with E-state index in [1.54, 1.807) is 0 Å². The Morgan fingerprint density at radius 2 is 1.76 bits per heavy atom. The molecule has 29 heavy (non-hydrogen) atoms. The van der Waals surface area contributed by atoms with Gasteiger partial charge < -0.3 is 9.88 Å². The van der Waals surface area contributed by atoms with Crippen LogP contribution in [0.5, 0.6) is 0 Å². The van der Waals surface area contributed by atoms with Gasteiger partial charge in [-0.05, 0) is 70.4 Å². The maximum atomic E-state index is 13.9. The van der Waals surface area contributed by atoms with Crippen molar-refractivity contribution in [3.63, 3.8) is 0 Å². The number of aliphatic imine (C=N–C) groups is 1. The van der Waals surface area contributed by atoms with Gasteiger partial charge in [0.15, 0.2) is 6.04 Å². The maximum absolute atomic E-state index is 13.9. The van der Waals surface area contributed by atoms with Crippen molar-refractivity contribution in [1.29, 1.82) is 0 Å². The first-order valence-corrected chi connectivity index (χ1v) is 11.5. The molecule has 3 heterocycles. The number of rotatable bonds is 4. The van der Waals surface area contributed by atoms with Crippen molar-refractivity contribution in [1.82, 2.24) is 14.9 Å². The van der Waals surface area contributed by atoms with Gasteiger partial charge in [0.25, 0.3) is 0 Å². The van der Waals surface area contributed by atoms with Gasteiger partial charge >= 0.3 is 6.18 Å². The molecule has 3 fully saturated rings. The van der Waals surface area contributed by atoms with Gasteiger partial charge in [0.1, 0.15) is 5.82 Å². The Morgan fingerprint density at radius 1 is 1.00 bits per heavy atom. The summed E-state index contributed by atoms with van der Waals surface area (Å²) in [5.41, 5.74) is 1.85. The summed E-state index contributed by atoms with van der Waals surface area (Å²) in [7, 11) is 0. The fourth-order valence-electron chi connectivity index (χ4n) is 6.02. The van der Waals surface area contributed by atoms with E-state index in [4.69, 9.17) is 4.98 Å². The largest absolute Gasteiger partial charge is 0.416 e. The first-order chi connectivity index (χ1) is 14.0. The highest BCUT2D eigenvalue weighted by Crippen LogP contribution is 2.49. The van der Waals surface area contributed by atoms with Crippen LogP contribution in [0.2, 0.25) is 0 Å². The summed E-state index contributed by atoms with van der Waals surface area (Å²) in [4.78, 5) is 8.92. The summed E-state index contributed by atoms with van der Waals surface area (Å²) in [6.45, 7) is 2.92. The smallest absolute Gasteiger partial charge is 0.331 e. The molecule has 1 saturated heterocycles. The minimum absolute atomic E-state index is 0.0549. The molecule has 2 unspecified atom stereocenters. The third-order valence-corrected chi connectivity index (χ3v) is 7.53. The monoisotopic (exact) mass is 408 g/mol. The van der Waals surface area contributed by atoms with Crippen molar-refractivity contribution < 1.29 is 13.2 Å². The predicted octanol–water partition coefficient (Wildman–Crippen LogP) is 5.26. The second-order valence-corrected chi connectivity index (χ2v) is 9.36. The van der Waals surface area contributed by atoms with Crippen molar-refractivity contribution in [2.45, 2.75) is 94.8 Å². The average molecular weight is 409 g/mol. The van der Waals surface area contributed by atoms with E-state index >= 15 is 0 Å². The first-order valence-electron chi connectivity index (χ1n) is 11.5. The lowest BCUT2D eigenvalue weighted by molar-refractivity contribution is -0.149. The van der Waals surface area contributed by atoms with E-state index in [0.29, 0.717) is 18.3 Å². The summed E-state index contributed by atoms with van der Waals surface area (Å²) >= 11 is 0. The van der Waals surface area contributed by atoms with E-state index in [9.17, 15) is 13.2 Å². The third-order valence-electron chi connectivity index (χ3n) is 7.53. The lowest BCUT2D eigenvalue weighted by atomic mass is 9.92. The number of halogens is 3. The van der Waals surface area contributed by atoms with Crippen LogP contribution in [0.25, 0.3) is 0 Å². The van der Waals surface area contributed by atoms with E-state index in [2.05, 4.69) is 14.9 Å². The van der Waals surface area contributed by atoms with Gasteiger partial charge in [-0.15, -0.1) is 0 Å². The Labute approximate surface area is 170 Å². The zero-order valence-corrected chi connectivity index (χ0v) is 17.0. The van der Waals surface area contributed by atoms with Crippen LogP contribution in [0.15, 0.2) is 4.99 Å². The standard InChI is InChI=1S/C22H31F3N4/c23-22(24,25)20-18-19(16-6-3-7-17(16)27-20)29(13-10-14-8-11-26-12-9-14)21(28-18)15-4-1-2-5-15/h14-16,20,26H,1-13H2. The second-order valence-electron chi connectivity index (χ2n) is 9.36. The molecule has 7 heteroatoms. The molecule has 0 spiro atoms. The summed E-state index contributed by atoms with van der Waals surface area (Å²) in [6, 6.07) is -1.76. The molecule has 2 saturated carbocycles. The minimum atomic E-state index is -4.36. The summed E-state index contributed by atoms with van der Waals surface area (Å²) in [5, 5.41) is 3.41. The minimum Gasteiger partial charge on any atom is -0.331 e. The lowest BCUT2D eigenvalue weighted by Gasteiger charge is -2.28. The van der Waals surface area contributed by atoms with Crippen molar-refractivity contribution in [3.8, 4) is 0 Å². The van der Waals surface area contributed by atoms with Crippen molar-refractivity contribution in [2.75, 3.05) is 13.1 Å². The molecule has 160 valence electrons. The van der Waals surface area contributed by atoms with Crippen LogP contribution < -0.4 is 5.32 Å². The van der Waals surface area contributed by atoms with E-state index < -0.39 is 12.2 Å². The van der Waals surface area contributed by atoms with Gasteiger partial charge in [0.2, 0.25) is 0 Å². The second kappa shape index (κ2) is 7.71. The molecule has 0 amide bonds. The average Bonchev–Trinajstić information content (AvgIpc) is 3.43. The Morgan fingerprint density at radius 3 is 2.48 bits per heavy atom. The van der Waals surface area contributed by atoms with E-state index in [0.717, 1.165) is 94.7 Å². The van der Waals surface area contributed by atoms with Gasteiger partial charge in [-0.1, -0.05) is 12.8 Å². The number of piperidine rings is 1. The fraction of sp³-hybridized carbons (Fsp3) is 0.818. The van der Waals surface area contributed by atoms with Gasteiger partial charge in [-0.25, -0.2) is 4.98 Å². The van der Waals surface area contributed by atoms with Gasteiger partial charge in [0, 0.05) is 24.1 Å². The highest BCUT2D eigenvalue weighted by Gasteiger charge is 2.50. The molecule has 1 aromatic heterocycles. The number of alkyl halides is 3. The highest BCUT2D eigenvalue weighted by molar-refractivity contribution is 5.94. The van der Waals surface area contributed by atoms with Crippen LogP contribution >= 0.6 is 0 Å². The molecule has 4 aliphatic rings. The van der Waals surface area contributed by atoms with E-state index in [1.807, 2.05) is 0 Å². The molecular weight excluding hydrogens is 377 g/mol. The molecule has 0 radical (unpaired) electrons. The molecule has 2 atom stereocenters. The molecule has 1 aromatic rings. The number of fused-ring (bicyclic) bond motifs is 3. The number of hydrogen-bond donors (Lipinski definition) is 1. The fourth-order valence-corrected chi connectivity index (χ4v) is 6.02. The molecule has 2 aliphatic heterocycles. The van der Waals surface area contributed by atoms with Gasteiger partial charge in [0.05, 0.1) is 11.4 Å². The van der Waals surface area contributed by atoms with E-state index in [-0.39, 0.29) is 11.6 Å². The van der Waals surface area contributed by atoms with Crippen LogP contribution in [0, 0.1) is 5.92 Å². The number of hydrogen-bond acceptors (Lipinski definition) is 3. The Kier molecular flexibility index (Phi) is 5.21. The van der Waals surface area contributed by atoms with Crippen molar-refractivity contribution >= 4 is 5.71 Å². The van der Waals surface area contributed by atoms with Crippen molar-refractivity contribution in [3.05, 3.63) is 17.2 Å². The van der Waals surface area contributed by atoms with Crippen LogP contribution in [-0.2, 0) is 6.54 Å². The quantitative estimate of drug-likeness (QED) is 0.739. The van der Waals surface area contributed by atoms with Crippen LogP contribution in [-0.4, -0.2) is 34.5 Å². The van der Waals surface area contributed by atoms with Crippen LogP contribution in [0.1, 0.15) is 99.3 Å². The van der Waals surface area contributed by atoms with Crippen molar-refractivity contribution in [2.24, 2.45) is 10.9 Å². The molecular formula is C22H31F3N4. The maximum Gasteiger partial charge on any atom is 0.416 e. The number of nitrogens with one attached hydrogen (secondary N) is 1. The summed E-state index contributed by atoms with van der Waals surface area (Å²) in [5.74, 6) is 1.95. The summed E-state index contributed by atoms with van der Waals surface area (Å²) in [6.07, 6.45) is 5.98. The van der Waals surface area contributed by atoms with Gasteiger partial charge in [-0.2, -0.15) is 13.2 Å².